The summed E-state index contributed by atoms with van der Waals surface area (Å²) in [6, 6.07) is 12.7. The molecule has 6 heteroatoms. The van der Waals surface area contributed by atoms with E-state index < -0.39 is 0 Å². The highest BCUT2D eigenvalue weighted by atomic mass is 16.5. The molecule has 0 bridgehead atoms. The lowest BCUT2D eigenvalue weighted by Crippen LogP contribution is -2.46. The fraction of sp³-hybridized carbons (Fsp3) is 0.350. The van der Waals surface area contributed by atoms with E-state index in [0.29, 0.717) is 17.9 Å². The summed E-state index contributed by atoms with van der Waals surface area (Å²) in [6.45, 7) is 1.25. The van der Waals surface area contributed by atoms with Gasteiger partial charge in [0.15, 0.2) is 11.5 Å². The molecule has 136 valence electrons. The van der Waals surface area contributed by atoms with Gasteiger partial charge < -0.3 is 24.8 Å². The van der Waals surface area contributed by atoms with Crippen molar-refractivity contribution in [1.82, 2.24) is 4.90 Å². The summed E-state index contributed by atoms with van der Waals surface area (Å²) < 4.78 is 10.9. The molecule has 2 N–H and O–H groups in total. The van der Waals surface area contributed by atoms with Crippen molar-refractivity contribution in [3.63, 3.8) is 0 Å². The fourth-order valence-corrected chi connectivity index (χ4v) is 3.63. The smallest absolute Gasteiger partial charge is 0.257 e. The van der Waals surface area contributed by atoms with Gasteiger partial charge >= 0.3 is 0 Å². The lowest BCUT2D eigenvalue weighted by atomic mass is 10.0. The molecule has 0 aromatic heterocycles. The van der Waals surface area contributed by atoms with Crippen LogP contribution in [0.15, 0.2) is 42.5 Å². The van der Waals surface area contributed by atoms with E-state index in [1.807, 2.05) is 30.3 Å². The molecule has 2 aliphatic rings. The summed E-state index contributed by atoms with van der Waals surface area (Å²) in [5.41, 5.74) is 2.24. The van der Waals surface area contributed by atoms with Gasteiger partial charge in [-0.1, -0.05) is 18.2 Å². The van der Waals surface area contributed by atoms with E-state index in [1.54, 1.807) is 17.0 Å². The first-order chi connectivity index (χ1) is 12.7. The molecule has 2 heterocycles. The topological polar surface area (TPSA) is 71.0 Å². The molecule has 0 aliphatic carbocycles. The Morgan fingerprint density at radius 1 is 1.31 bits per heavy atom. The highest BCUT2D eigenvalue weighted by Gasteiger charge is 2.35. The fourth-order valence-electron chi connectivity index (χ4n) is 3.63. The van der Waals surface area contributed by atoms with Crippen LogP contribution in [0.3, 0.4) is 0 Å². The largest absolute Gasteiger partial charge is 0.504 e. The molecule has 0 unspecified atom stereocenters. The Hall–Kier alpha value is -2.73. The molecule has 4 rings (SSSR count). The molecular formula is C20H22N2O4. The third-order valence-corrected chi connectivity index (χ3v) is 4.97. The number of fused-ring (bicyclic) bond motifs is 1. The average molecular weight is 354 g/mol. The number of methoxy groups -OCH3 is 1. The number of anilines is 1. The Labute approximate surface area is 152 Å². The van der Waals surface area contributed by atoms with Gasteiger partial charge in [-0.3, -0.25) is 4.79 Å². The maximum absolute atomic E-state index is 13.1. The van der Waals surface area contributed by atoms with Crippen molar-refractivity contribution in [1.29, 1.82) is 0 Å². The molecule has 2 aliphatic heterocycles. The van der Waals surface area contributed by atoms with Crippen LogP contribution in [0.4, 0.5) is 5.69 Å². The molecule has 2 atom stereocenters. The number of nitrogens with zero attached hydrogens (tertiary/aromatic N) is 1. The second-order valence-electron chi connectivity index (χ2n) is 6.62. The van der Waals surface area contributed by atoms with Crippen LogP contribution in [0, 0.1) is 0 Å². The van der Waals surface area contributed by atoms with Crippen LogP contribution in [0.25, 0.3) is 0 Å². The first kappa shape index (κ1) is 16.7. The number of phenols is 1. The van der Waals surface area contributed by atoms with Crippen molar-refractivity contribution in [3.8, 4) is 11.5 Å². The van der Waals surface area contributed by atoms with Crippen molar-refractivity contribution >= 4 is 11.6 Å². The molecule has 1 fully saturated rings. The lowest BCUT2D eigenvalue weighted by Gasteiger charge is -2.39. The number of aromatic hydroxyl groups is 1. The predicted molar refractivity (Wildman–Crippen MR) is 97.5 cm³/mol. The van der Waals surface area contributed by atoms with Crippen LogP contribution in [-0.4, -0.2) is 42.3 Å². The molecule has 2 aromatic rings. The van der Waals surface area contributed by atoms with E-state index in [1.165, 1.54) is 7.11 Å². The number of hydrogen-bond acceptors (Lipinski definition) is 5. The SMILES string of the molecule is COc1ccc([C@H]2Nc3ccccc3C(=O)N2C[C@H]2CCCO2)cc1O. The lowest BCUT2D eigenvalue weighted by molar-refractivity contribution is 0.0426. The van der Waals surface area contributed by atoms with Gasteiger partial charge in [-0.25, -0.2) is 0 Å². The first-order valence-corrected chi connectivity index (χ1v) is 8.82. The zero-order valence-electron chi connectivity index (χ0n) is 14.6. The summed E-state index contributed by atoms with van der Waals surface area (Å²) >= 11 is 0. The second-order valence-corrected chi connectivity index (χ2v) is 6.62. The molecular weight excluding hydrogens is 332 g/mol. The molecule has 0 saturated carbocycles. The van der Waals surface area contributed by atoms with Crippen LogP contribution in [0.2, 0.25) is 0 Å². The van der Waals surface area contributed by atoms with Crippen molar-refractivity contribution in [2.75, 3.05) is 25.6 Å². The van der Waals surface area contributed by atoms with Crippen molar-refractivity contribution < 1.29 is 19.4 Å². The van der Waals surface area contributed by atoms with Crippen LogP contribution >= 0.6 is 0 Å². The first-order valence-electron chi connectivity index (χ1n) is 8.82. The Morgan fingerprint density at radius 2 is 2.15 bits per heavy atom. The number of phenolic OH excluding ortho intramolecular Hbond substituents is 1. The number of ether oxygens (including phenoxy) is 2. The van der Waals surface area contributed by atoms with E-state index >= 15 is 0 Å². The van der Waals surface area contributed by atoms with Crippen molar-refractivity contribution in [2.45, 2.75) is 25.1 Å². The molecule has 6 nitrogen and oxygen atoms in total. The zero-order chi connectivity index (χ0) is 18.1. The number of benzene rings is 2. The number of nitrogens with one attached hydrogen (secondary N) is 1. The Morgan fingerprint density at radius 3 is 2.88 bits per heavy atom. The minimum Gasteiger partial charge on any atom is -0.504 e. The molecule has 1 amide bonds. The van der Waals surface area contributed by atoms with Gasteiger partial charge in [0.05, 0.1) is 18.8 Å². The normalized spacial score (nSPS) is 22.0. The van der Waals surface area contributed by atoms with Crippen molar-refractivity contribution in [2.24, 2.45) is 0 Å². The molecule has 0 radical (unpaired) electrons. The predicted octanol–water partition coefficient (Wildman–Crippen LogP) is 3.15. The summed E-state index contributed by atoms with van der Waals surface area (Å²) in [6.07, 6.45) is 1.63. The number of carbonyl (C=O) groups is 1. The highest BCUT2D eigenvalue weighted by Crippen LogP contribution is 2.37. The number of hydrogen-bond donors (Lipinski definition) is 2. The Balaban J connectivity index is 1.71. The molecule has 2 aromatic carbocycles. The maximum Gasteiger partial charge on any atom is 0.257 e. The van der Waals surface area contributed by atoms with Gasteiger partial charge in [-0.05, 0) is 42.7 Å². The van der Waals surface area contributed by atoms with Gasteiger partial charge in [-0.2, -0.15) is 0 Å². The summed E-state index contributed by atoms with van der Waals surface area (Å²) in [5.74, 6) is 0.423. The Kier molecular flexibility index (Phi) is 4.42. The molecule has 1 saturated heterocycles. The minimum absolute atomic E-state index is 0.0323. The van der Waals surface area contributed by atoms with Gasteiger partial charge in [-0.15, -0.1) is 0 Å². The van der Waals surface area contributed by atoms with E-state index in [2.05, 4.69) is 5.32 Å². The average Bonchev–Trinajstić information content (AvgIpc) is 3.17. The summed E-state index contributed by atoms with van der Waals surface area (Å²) in [5, 5.41) is 13.6. The van der Waals surface area contributed by atoms with E-state index in [0.717, 1.165) is 30.7 Å². The maximum atomic E-state index is 13.1. The summed E-state index contributed by atoms with van der Waals surface area (Å²) in [7, 11) is 1.51. The number of carbonyl (C=O) groups excluding carboxylic acids is 1. The van der Waals surface area contributed by atoms with E-state index in [4.69, 9.17) is 9.47 Å². The number of rotatable bonds is 4. The highest BCUT2D eigenvalue weighted by molar-refractivity contribution is 6.01. The molecule has 26 heavy (non-hydrogen) atoms. The monoisotopic (exact) mass is 354 g/mol. The van der Waals surface area contributed by atoms with Crippen molar-refractivity contribution in [3.05, 3.63) is 53.6 Å². The van der Waals surface area contributed by atoms with E-state index in [-0.39, 0.29) is 23.9 Å². The van der Waals surface area contributed by atoms with Crippen LogP contribution in [0.5, 0.6) is 11.5 Å². The summed E-state index contributed by atoms with van der Waals surface area (Å²) in [4.78, 5) is 14.9. The van der Waals surface area contributed by atoms with E-state index in [9.17, 15) is 9.90 Å². The van der Waals surface area contributed by atoms with Crippen LogP contribution < -0.4 is 10.1 Å². The third kappa shape index (κ3) is 2.97. The number of para-hydroxylation sites is 1. The van der Waals surface area contributed by atoms with Gasteiger partial charge in [0.2, 0.25) is 0 Å². The number of amides is 1. The Bertz CT molecular complexity index is 817. The second kappa shape index (κ2) is 6.88. The minimum atomic E-state index is -0.376. The van der Waals surface area contributed by atoms with Crippen LogP contribution in [-0.2, 0) is 4.74 Å². The molecule has 0 spiro atoms. The van der Waals surface area contributed by atoms with Gasteiger partial charge in [0, 0.05) is 18.8 Å². The van der Waals surface area contributed by atoms with Gasteiger partial charge in [0.25, 0.3) is 5.91 Å². The quantitative estimate of drug-likeness (QED) is 0.883. The zero-order valence-corrected chi connectivity index (χ0v) is 14.6. The van der Waals surface area contributed by atoms with Crippen LogP contribution in [0.1, 0.15) is 34.9 Å². The third-order valence-electron chi connectivity index (χ3n) is 4.97. The van der Waals surface area contributed by atoms with Gasteiger partial charge in [0.1, 0.15) is 6.17 Å². The standard InChI is InChI=1S/C20H22N2O4/c1-25-18-9-8-13(11-17(18)23)19-21-16-7-3-2-6-15(16)20(24)22(19)12-14-5-4-10-26-14/h2-3,6-9,11,14,19,21,23H,4-5,10,12H2,1H3/t14-,19+/m1/s1.